The van der Waals surface area contributed by atoms with Gasteiger partial charge in [-0.3, -0.25) is 4.57 Å². The Hall–Kier alpha value is -1.17. The second-order valence-electron chi connectivity index (χ2n) is 4.90. The molecular weight excluding hydrogens is 287 g/mol. The summed E-state index contributed by atoms with van der Waals surface area (Å²) in [6.45, 7) is 14.5. The largest absolute Gasteiger partial charge is 0.424 e. The second kappa shape index (κ2) is 6.32. The predicted octanol–water partition coefficient (Wildman–Crippen LogP) is 4.46. The van der Waals surface area contributed by atoms with Gasteiger partial charge in [-0.15, -0.1) is 0 Å². The van der Waals surface area contributed by atoms with Gasteiger partial charge in [0.05, 0.1) is 11.5 Å². The van der Waals surface area contributed by atoms with E-state index in [2.05, 4.69) is 22.6 Å². The van der Waals surface area contributed by atoms with E-state index in [1.807, 2.05) is 0 Å². The van der Waals surface area contributed by atoms with E-state index in [1.54, 1.807) is 19.6 Å². The number of hydrogen-bond acceptors (Lipinski definition) is 6. The highest BCUT2D eigenvalue weighted by atomic mass is 31.2. The molecule has 0 heterocycles. The summed E-state index contributed by atoms with van der Waals surface area (Å²) in [7, 11) is -6.86. The Morgan fingerprint density at radius 2 is 1.26 bits per heavy atom. The minimum Gasteiger partial charge on any atom is -0.424 e. The van der Waals surface area contributed by atoms with Crippen LogP contribution in [0.4, 0.5) is 9.59 Å². The van der Waals surface area contributed by atoms with Gasteiger partial charge in [-0.2, -0.15) is 0 Å². The van der Waals surface area contributed by atoms with Crippen LogP contribution in [0.5, 0.6) is 0 Å². The average Bonchev–Trinajstić information content (AvgIpc) is 2.12. The van der Waals surface area contributed by atoms with Crippen LogP contribution < -0.4 is 0 Å². The van der Waals surface area contributed by atoms with E-state index in [1.165, 1.54) is 13.8 Å². The smallest absolute Gasteiger partial charge is 0.407 e. The van der Waals surface area contributed by atoms with Crippen LogP contribution >= 0.6 is 7.37 Å². The zero-order valence-corrected chi connectivity index (χ0v) is 13.7. The van der Waals surface area contributed by atoms with Gasteiger partial charge in [-0.1, -0.05) is 13.2 Å². The van der Waals surface area contributed by atoms with Crippen molar-refractivity contribution in [3.05, 3.63) is 24.7 Å². The third-order valence-electron chi connectivity index (χ3n) is 1.41. The first-order chi connectivity index (χ1) is 8.38. The summed E-state index contributed by atoms with van der Waals surface area (Å²) in [6, 6.07) is 0. The van der Waals surface area contributed by atoms with Gasteiger partial charge in [-0.05, 0) is 33.5 Å². The topological polar surface area (TPSA) is 78.9 Å². The van der Waals surface area contributed by atoms with Crippen molar-refractivity contribution < 1.29 is 27.8 Å². The van der Waals surface area contributed by atoms with Crippen molar-refractivity contribution in [1.29, 1.82) is 0 Å². The third-order valence-corrected chi connectivity index (χ3v) is 5.77. The first-order valence-electron chi connectivity index (χ1n) is 5.45. The van der Waals surface area contributed by atoms with Crippen molar-refractivity contribution in [3.8, 4) is 0 Å². The zero-order valence-electron chi connectivity index (χ0n) is 11.8. The summed E-state index contributed by atoms with van der Waals surface area (Å²) in [4.78, 5) is 23.6. The van der Waals surface area contributed by atoms with E-state index in [0.717, 1.165) is 0 Å². The molecule has 0 spiro atoms. The molecule has 6 nitrogen and oxygen atoms in total. The van der Waals surface area contributed by atoms with Crippen LogP contribution in [0.3, 0.4) is 0 Å². The van der Waals surface area contributed by atoms with E-state index >= 15 is 0 Å². The van der Waals surface area contributed by atoms with Crippen LogP contribution in [-0.4, -0.2) is 19.7 Å². The highest BCUT2D eigenvalue weighted by molar-refractivity contribution is 7.90. The Bertz CT molecular complexity index is 430. The van der Waals surface area contributed by atoms with E-state index < -0.39 is 27.1 Å². The number of ether oxygens (including phenoxy) is 2. The van der Waals surface area contributed by atoms with E-state index in [-0.39, 0.29) is 11.5 Å². The van der Waals surface area contributed by atoms with Crippen molar-refractivity contribution in [1.82, 2.24) is 0 Å². The standard InChI is InChI=1S/C11H19O6PSi/c1-8(2)15-10(12)18(14,17-19(5,6)7)11(13)16-9(3)4/h1,3H2,2,4-7H3. The molecule has 0 aliphatic heterocycles. The van der Waals surface area contributed by atoms with E-state index in [4.69, 9.17) is 4.21 Å². The Morgan fingerprint density at radius 1 is 0.947 bits per heavy atom. The molecule has 0 aromatic carbocycles. The summed E-state index contributed by atoms with van der Waals surface area (Å²) < 4.78 is 27.0. The SMILES string of the molecule is C=C(C)OC(=O)P(=O)(O[Si](C)(C)C)C(=O)OC(=C)C. The molecule has 8 heteroatoms. The summed E-state index contributed by atoms with van der Waals surface area (Å²) in [5.41, 5.74) is -2.57. The van der Waals surface area contributed by atoms with Crippen molar-refractivity contribution in [2.24, 2.45) is 0 Å². The van der Waals surface area contributed by atoms with Crippen molar-refractivity contribution in [3.63, 3.8) is 0 Å². The predicted molar refractivity (Wildman–Crippen MR) is 74.6 cm³/mol. The van der Waals surface area contributed by atoms with E-state index in [0.29, 0.717) is 0 Å². The van der Waals surface area contributed by atoms with Gasteiger partial charge in [0.1, 0.15) is 0 Å². The molecule has 0 aliphatic carbocycles. The lowest BCUT2D eigenvalue weighted by molar-refractivity contribution is 0.188. The van der Waals surface area contributed by atoms with Crippen molar-refractivity contribution in [2.45, 2.75) is 33.5 Å². The van der Waals surface area contributed by atoms with Crippen LogP contribution in [0.1, 0.15) is 13.8 Å². The fourth-order valence-corrected chi connectivity index (χ4v) is 5.34. The van der Waals surface area contributed by atoms with Crippen LogP contribution in [0, 0.1) is 0 Å². The lowest BCUT2D eigenvalue weighted by Gasteiger charge is -2.23. The van der Waals surface area contributed by atoms with Crippen LogP contribution in [-0.2, 0) is 18.3 Å². The minimum atomic E-state index is -4.41. The first kappa shape index (κ1) is 17.8. The maximum Gasteiger partial charge on any atom is 0.407 e. The van der Waals surface area contributed by atoms with Gasteiger partial charge < -0.3 is 13.7 Å². The molecule has 108 valence electrons. The average molecular weight is 306 g/mol. The quantitative estimate of drug-likeness (QED) is 0.409. The lowest BCUT2D eigenvalue weighted by Crippen LogP contribution is -2.28. The molecule has 0 amide bonds. The normalized spacial score (nSPS) is 11.6. The first-order valence-corrected chi connectivity index (χ1v) is 10.5. The monoisotopic (exact) mass is 306 g/mol. The zero-order chi connectivity index (χ0) is 15.4. The Morgan fingerprint density at radius 3 is 1.47 bits per heavy atom. The number of allylic oxidation sites excluding steroid dienone is 2. The lowest BCUT2D eigenvalue weighted by atomic mass is 10.7. The summed E-state index contributed by atoms with van der Waals surface area (Å²) >= 11 is 0. The molecule has 0 rings (SSSR count). The van der Waals surface area contributed by atoms with E-state index in [9.17, 15) is 14.2 Å². The molecular formula is C11H19O6PSi. The fourth-order valence-electron chi connectivity index (χ4n) is 0.953. The number of carbonyl (C=O) groups excluding carboxylic acids is 2. The Kier molecular flexibility index (Phi) is 5.93. The third kappa shape index (κ3) is 6.00. The van der Waals surface area contributed by atoms with Gasteiger partial charge >= 0.3 is 18.8 Å². The molecule has 0 saturated carbocycles. The number of rotatable bonds is 6. The van der Waals surface area contributed by atoms with Crippen molar-refractivity contribution >= 4 is 27.1 Å². The molecule has 0 aliphatic rings. The maximum atomic E-state index is 12.5. The number of hydrogen-bond donors (Lipinski definition) is 0. The summed E-state index contributed by atoms with van der Waals surface area (Å²) in [5.74, 6) is 0.0139. The van der Waals surface area contributed by atoms with Gasteiger partial charge in [0.15, 0.2) is 8.32 Å². The number of carbonyl (C=O) groups is 2. The maximum absolute atomic E-state index is 12.5. The molecule has 0 unspecified atom stereocenters. The Labute approximate surface area is 114 Å². The second-order valence-corrected chi connectivity index (χ2v) is 11.7. The van der Waals surface area contributed by atoms with Gasteiger partial charge in [-0.25, -0.2) is 9.59 Å². The van der Waals surface area contributed by atoms with Crippen LogP contribution in [0.2, 0.25) is 19.6 Å². The molecule has 0 atom stereocenters. The molecule has 0 radical (unpaired) electrons. The highest BCUT2D eigenvalue weighted by Gasteiger charge is 2.49. The molecule has 0 aromatic rings. The van der Waals surface area contributed by atoms with Gasteiger partial charge in [0.25, 0.3) is 0 Å². The molecule has 0 bridgehead atoms. The Balaban J connectivity index is 5.41. The molecule has 0 N–H and O–H groups in total. The molecule has 0 fully saturated rings. The fraction of sp³-hybridized carbons (Fsp3) is 0.455. The molecule has 0 saturated heterocycles. The van der Waals surface area contributed by atoms with Gasteiger partial charge in [0, 0.05) is 0 Å². The van der Waals surface area contributed by atoms with Crippen molar-refractivity contribution in [2.75, 3.05) is 0 Å². The minimum absolute atomic E-state index is 0.00697. The summed E-state index contributed by atoms with van der Waals surface area (Å²) in [5, 5.41) is 0. The van der Waals surface area contributed by atoms with Gasteiger partial charge in [0.2, 0.25) is 0 Å². The molecule has 19 heavy (non-hydrogen) atoms. The summed E-state index contributed by atoms with van der Waals surface area (Å²) in [6.07, 6.45) is 0. The van der Waals surface area contributed by atoms with Crippen LogP contribution in [0.25, 0.3) is 0 Å². The highest BCUT2D eigenvalue weighted by Crippen LogP contribution is 2.53. The molecule has 0 aromatic heterocycles. The van der Waals surface area contributed by atoms with Crippen LogP contribution in [0.15, 0.2) is 24.7 Å².